The highest BCUT2D eigenvalue weighted by Gasteiger charge is 2.38. The highest BCUT2D eigenvalue weighted by atomic mass is 35.5. The van der Waals surface area contributed by atoms with E-state index in [1.54, 1.807) is 4.90 Å². The van der Waals surface area contributed by atoms with Gasteiger partial charge >= 0.3 is 0 Å². The Morgan fingerprint density at radius 1 is 1.28 bits per heavy atom. The number of benzene rings is 1. The van der Waals surface area contributed by atoms with Crippen LogP contribution in [0.5, 0.6) is 0 Å². The van der Waals surface area contributed by atoms with Crippen LogP contribution >= 0.6 is 12.4 Å². The van der Waals surface area contributed by atoms with E-state index in [2.05, 4.69) is 5.16 Å². The number of nitrogens with two attached hydrogens (primary N) is 1. The van der Waals surface area contributed by atoms with Gasteiger partial charge in [-0.25, -0.2) is 0 Å². The van der Waals surface area contributed by atoms with Gasteiger partial charge in [0.05, 0.1) is 5.54 Å². The molecule has 1 aromatic heterocycles. The molecule has 1 aliphatic carbocycles. The lowest BCUT2D eigenvalue weighted by Gasteiger charge is -2.28. The second-order valence-electron chi connectivity index (χ2n) is 6.74. The predicted molar refractivity (Wildman–Crippen MR) is 101 cm³/mol. The maximum absolute atomic E-state index is 12.5. The van der Waals surface area contributed by atoms with Gasteiger partial charge in [-0.15, -0.1) is 12.4 Å². The Morgan fingerprint density at radius 3 is 2.64 bits per heavy atom. The van der Waals surface area contributed by atoms with Crippen LogP contribution in [0.3, 0.4) is 0 Å². The largest absolute Gasteiger partial charge is 0.361 e. The first kappa shape index (κ1) is 19.5. The maximum atomic E-state index is 12.5. The number of likely N-dealkylation sites (N-methyl/N-ethyl adjacent to an activating group) is 1. The Labute approximate surface area is 155 Å². The van der Waals surface area contributed by atoms with Crippen LogP contribution < -0.4 is 5.73 Å². The molecule has 1 fully saturated rings. The molecule has 136 valence electrons. The Balaban J connectivity index is 0.00000225. The molecule has 25 heavy (non-hydrogen) atoms. The fraction of sp³-hybridized carbons (Fsp3) is 0.474. The summed E-state index contributed by atoms with van der Waals surface area (Å²) in [7, 11) is 1.84. The lowest BCUT2D eigenvalue weighted by atomic mass is 9.97. The average Bonchev–Trinajstić information content (AvgIpc) is 3.25. The van der Waals surface area contributed by atoms with E-state index < -0.39 is 5.54 Å². The predicted octanol–water partition coefficient (Wildman–Crippen LogP) is 3.43. The molecule has 2 N–H and O–H groups in total. The molecule has 0 saturated heterocycles. The zero-order valence-corrected chi connectivity index (χ0v) is 15.4. The molecule has 0 atom stereocenters. The van der Waals surface area contributed by atoms with Crippen LogP contribution in [-0.4, -0.2) is 35.1 Å². The Hall–Kier alpha value is -1.85. The smallest absolute Gasteiger partial charge is 0.242 e. The van der Waals surface area contributed by atoms with Crippen LogP contribution in [0.15, 0.2) is 40.9 Å². The van der Waals surface area contributed by atoms with E-state index in [4.69, 9.17) is 10.3 Å². The highest BCUT2D eigenvalue weighted by molar-refractivity contribution is 5.86. The second-order valence-corrected chi connectivity index (χ2v) is 6.74. The summed E-state index contributed by atoms with van der Waals surface area (Å²) in [5.41, 5.74) is 7.49. The van der Waals surface area contributed by atoms with Crippen molar-refractivity contribution in [2.75, 3.05) is 13.6 Å². The van der Waals surface area contributed by atoms with E-state index in [0.717, 1.165) is 55.5 Å². The van der Waals surface area contributed by atoms with Gasteiger partial charge < -0.3 is 15.2 Å². The summed E-state index contributed by atoms with van der Waals surface area (Å²) in [5.74, 6) is 0.917. The molecule has 1 saturated carbocycles. The summed E-state index contributed by atoms with van der Waals surface area (Å²) in [4.78, 5) is 14.2. The molecule has 3 rings (SSSR count). The van der Waals surface area contributed by atoms with Crippen LogP contribution in [0.1, 0.15) is 37.9 Å². The molecule has 2 aromatic rings. The zero-order chi connectivity index (χ0) is 17.0. The van der Waals surface area contributed by atoms with Crippen LogP contribution in [0.2, 0.25) is 0 Å². The van der Waals surface area contributed by atoms with Crippen molar-refractivity contribution in [3.8, 4) is 11.3 Å². The van der Waals surface area contributed by atoms with Crippen molar-refractivity contribution in [3.05, 3.63) is 42.2 Å². The van der Waals surface area contributed by atoms with Crippen LogP contribution in [0, 0.1) is 0 Å². The highest BCUT2D eigenvalue weighted by Crippen LogP contribution is 2.28. The number of halogens is 1. The monoisotopic (exact) mass is 363 g/mol. The van der Waals surface area contributed by atoms with Gasteiger partial charge in [0.2, 0.25) is 5.91 Å². The summed E-state index contributed by atoms with van der Waals surface area (Å²) in [6, 6.07) is 11.9. The summed E-state index contributed by atoms with van der Waals surface area (Å²) in [6.07, 6.45) is 5.31. The number of hydrogen-bond donors (Lipinski definition) is 1. The van der Waals surface area contributed by atoms with Gasteiger partial charge in [-0.3, -0.25) is 4.79 Å². The number of amides is 1. The minimum atomic E-state index is -0.637. The van der Waals surface area contributed by atoms with Gasteiger partial charge in [-0.2, -0.15) is 0 Å². The van der Waals surface area contributed by atoms with E-state index in [9.17, 15) is 4.79 Å². The number of aromatic nitrogens is 1. The topological polar surface area (TPSA) is 72.4 Å². The van der Waals surface area contributed by atoms with Crippen LogP contribution in [-0.2, 0) is 11.2 Å². The van der Waals surface area contributed by atoms with Gasteiger partial charge in [-0.1, -0.05) is 48.3 Å². The van der Waals surface area contributed by atoms with Crippen molar-refractivity contribution in [3.63, 3.8) is 0 Å². The first-order valence-electron chi connectivity index (χ1n) is 8.64. The fourth-order valence-corrected chi connectivity index (χ4v) is 3.37. The quantitative estimate of drug-likeness (QED) is 0.853. The summed E-state index contributed by atoms with van der Waals surface area (Å²) in [6.45, 7) is 0.680. The van der Waals surface area contributed by atoms with E-state index >= 15 is 0 Å². The number of hydrogen-bond acceptors (Lipinski definition) is 4. The molecule has 0 aliphatic heterocycles. The van der Waals surface area contributed by atoms with Gasteiger partial charge in [0, 0.05) is 31.6 Å². The van der Waals surface area contributed by atoms with E-state index in [1.807, 2.05) is 43.4 Å². The molecule has 1 amide bonds. The fourth-order valence-electron chi connectivity index (χ4n) is 3.37. The Bertz CT molecular complexity index is 681. The SMILES string of the molecule is CN(CCCc1cc(-c2ccccc2)no1)C(=O)C1(N)CCCC1.Cl. The van der Waals surface area contributed by atoms with Gasteiger partial charge in [0.1, 0.15) is 11.5 Å². The van der Waals surface area contributed by atoms with Crippen molar-refractivity contribution in [1.29, 1.82) is 0 Å². The third-order valence-electron chi connectivity index (χ3n) is 4.81. The normalized spacial score (nSPS) is 15.6. The first-order valence-corrected chi connectivity index (χ1v) is 8.64. The summed E-state index contributed by atoms with van der Waals surface area (Å²) >= 11 is 0. The van der Waals surface area contributed by atoms with E-state index in [1.165, 1.54) is 0 Å². The van der Waals surface area contributed by atoms with Crippen molar-refractivity contribution < 1.29 is 9.32 Å². The van der Waals surface area contributed by atoms with Crippen LogP contribution in [0.25, 0.3) is 11.3 Å². The molecule has 6 heteroatoms. The van der Waals surface area contributed by atoms with Crippen molar-refractivity contribution in [1.82, 2.24) is 10.1 Å². The molecule has 5 nitrogen and oxygen atoms in total. The number of carbonyl (C=O) groups is 1. The zero-order valence-electron chi connectivity index (χ0n) is 14.6. The number of rotatable bonds is 6. The number of nitrogens with zero attached hydrogens (tertiary/aromatic N) is 2. The van der Waals surface area contributed by atoms with E-state index in [-0.39, 0.29) is 18.3 Å². The van der Waals surface area contributed by atoms with Crippen molar-refractivity contribution in [2.24, 2.45) is 5.73 Å². The molecule has 0 radical (unpaired) electrons. The third kappa shape index (κ3) is 4.61. The van der Waals surface area contributed by atoms with Crippen molar-refractivity contribution in [2.45, 2.75) is 44.1 Å². The average molecular weight is 364 g/mol. The molecule has 1 aliphatic rings. The molecule has 1 aromatic carbocycles. The Morgan fingerprint density at radius 2 is 1.96 bits per heavy atom. The summed E-state index contributed by atoms with van der Waals surface area (Å²) < 4.78 is 5.40. The van der Waals surface area contributed by atoms with Gasteiger partial charge in [0.25, 0.3) is 0 Å². The van der Waals surface area contributed by atoms with E-state index in [0.29, 0.717) is 6.54 Å². The molecular formula is C19H26ClN3O2. The van der Waals surface area contributed by atoms with Gasteiger partial charge in [0.15, 0.2) is 0 Å². The Kier molecular flexibility index (Phi) is 6.62. The minimum absolute atomic E-state index is 0. The molecule has 1 heterocycles. The van der Waals surface area contributed by atoms with Gasteiger partial charge in [-0.05, 0) is 19.3 Å². The third-order valence-corrected chi connectivity index (χ3v) is 4.81. The van der Waals surface area contributed by atoms with Crippen LogP contribution in [0.4, 0.5) is 0 Å². The lowest BCUT2D eigenvalue weighted by molar-refractivity contribution is -0.135. The van der Waals surface area contributed by atoms with Crippen molar-refractivity contribution >= 4 is 18.3 Å². The molecule has 0 spiro atoms. The molecular weight excluding hydrogens is 338 g/mol. The summed E-state index contributed by atoms with van der Waals surface area (Å²) in [5, 5.41) is 4.12. The standard InChI is InChI=1S/C19H25N3O2.ClH/c1-22(18(23)19(20)11-5-6-12-19)13-7-10-16-14-17(21-24-16)15-8-3-2-4-9-15;/h2-4,8-9,14H,5-7,10-13,20H2,1H3;1H. The first-order chi connectivity index (χ1) is 11.6. The lowest BCUT2D eigenvalue weighted by Crippen LogP contribution is -2.52. The molecule has 0 bridgehead atoms. The number of aryl methyl sites for hydroxylation is 1. The number of carbonyl (C=O) groups excluding carboxylic acids is 1. The maximum Gasteiger partial charge on any atom is 0.242 e. The molecule has 0 unspecified atom stereocenters. The second kappa shape index (κ2) is 8.50. The minimum Gasteiger partial charge on any atom is -0.361 e.